The number of halogens is 2. The molecule has 0 heterocycles. The average Bonchev–Trinajstić information content (AvgIpc) is 2.61. The van der Waals surface area contributed by atoms with Gasteiger partial charge in [0.25, 0.3) is 0 Å². The normalized spacial score (nSPS) is 11.4. The summed E-state index contributed by atoms with van der Waals surface area (Å²) in [5.41, 5.74) is 3.10. The lowest BCUT2D eigenvalue weighted by atomic mass is 10.00. The van der Waals surface area contributed by atoms with Crippen molar-refractivity contribution in [3.8, 4) is 11.1 Å². The number of guanidine groups is 1. The molecule has 2 aromatic carbocycles. The molecule has 0 aliphatic heterocycles. The number of nitrogens with one attached hydrogen (secondary N) is 3. The van der Waals surface area contributed by atoms with Crippen LogP contribution in [0.4, 0.5) is 0 Å². The molecule has 0 bridgehead atoms. The largest absolute Gasteiger partial charge is 0.352 e. The van der Waals surface area contributed by atoms with Crippen LogP contribution in [-0.2, 0) is 11.3 Å². The van der Waals surface area contributed by atoms with Gasteiger partial charge in [-0.2, -0.15) is 0 Å². The summed E-state index contributed by atoms with van der Waals surface area (Å²) in [4.78, 5) is 16.1. The zero-order valence-corrected chi connectivity index (χ0v) is 19.8. The van der Waals surface area contributed by atoms with Crippen LogP contribution in [0.3, 0.4) is 0 Å². The lowest BCUT2D eigenvalue weighted by molar-refractivity contribution is -0.121. The highest BCUT2D eigenvalue weighted by atomic mass is 127. The number of carbonyl (C=O) groups excluding carboxylic acids is 1. The molecule has 7 heteroatoms. The van der Waals surface area contributed by atoms with Gasteiger partial charge in [0.05, 0.1) is 6.54 Å². The van der Waals surface area contributed by atoms with E-state index in [1.807, 2.05) is 57.2 Å². The van der Waals surface area contributed by atoms with Crippen molar-refractivity contribution in [1.82, 2.24) is 16.0 Å². The monoisotopic (exact) mass is 514 g/mol. The van der Waals surface area contributed by atoms with Crippen molar-refractivity contribution in [3.05, 3.63) is 59.1 Å². The molecule has 0 saturated heterocycles. The molecule has 152 valence electrons. The number of hydrogen-bond donors (Lipinski definition) is 3. The Kier molecular flexibility index (Phi) is 9.75. The standard InChI is InChI=1S/C21H27ClN4O.HI/c1-21(2,3)26-19(27)14-25-20(23-4)24-13-16-7-5-6-8-18(16)15-9-11-17(22)12-10-15;/h5-12H,13-14H2,1-4H3,(H,26,27)(H2,23,24,25);1H. The zero-order valence-electron chi connectivity index (χ0n) is 16.7. The quantitative estimate of drug-likeness (QED) is 0.318. The minimum absolute atomic E-state index is 0. The van der Waals surface area contributed by atoms with Crippen LogP contribution >= 0.6 is 35.6 Å². The molecule has 0 fully saturated rings. The van der Waals surface area contributed by atoms with Crippen molar-refractivity contribution in [2.45, 2.75) is 32.9 Å². The first-order valence-corrected chi connectivity index (χ1v) is 9.25. The Morgan fingerprint density at radius 1 is 1.04 bits per heavy atom. The fourth-order valence-corrected chi connectivity index (χ4v) is 2.74. The topological polar surface area (TPSA) is 65.5 Å². The third-order valence-corrected chi connectivity index (χ3v) is 4.03. The lowest BCUT2D eigenvalue weighted by Gasteiger charge is -2.21. The molecule has 0 aromatic heterocycles. The first-order valence-electron chi connectivity index (χ1n) is 8.88. The second-order valence-electron chi connectivity index (χ2n) is 7.24. The number of carbonyl (C=O) groups is 1. The number of amides is 1. The van der Waals surface area contributed by atoms with Crippen LogP contribution in [0, 0.1) is 0 Å². The Morgan fingerprint density at radius 3 is 2.29 bits per heavy atom. The van der Waals surface area contributed by atoms with Crippen molar-refractivity contribution >= 4 is 47.4 Å². The smallest absolute Gasteiger partial charge is 0.239 e. The highest BCUT2D eigenvalue weighted by molar-refractivity contribution is 14.0. The van der Waals surface area contributed by atoms with Crippen molar-refractivity contribution < 1.29 is 4.79 Å². The highest BCUT2D eigenvalue weighted by Gasteiger charge is 2.13. The van der Waals surface area contributed by atoms with Crippen LogP contribution in [0.15, 0.2) is 53.5 Å². The molecule has 2 rings (SSSR count). The summed E-state index contributed by atoms with van der Waals surface area (Å²) >= 11 is 5.99. The van der Waals surface area contributed by atoms with Gasteiger partial charge in [-0.25, -0.2) is 0 Å². The van der Waals surface area contributed by atoms with E-state index in [9.17, 15) is 4.79 Å². The Labute approximate surface area is 189 Å². The molecule has 0 radical (unpaired) electrons. The van der Waals surface area contributed by atoms with Gasteiger partial charge in [0.2, 0.25) is 5.91 Å². The van der Waals surface area contributed by atoms with Gasteiger partial charge in [-0.1, -0.05) is 48.0 Å². The molecular formula is C21H28ClIN4O. The molecular weight excluding hydrogens is 487 g/mol. The summed E-state index contributed by atoms with van der Waals surface area (Å²) in [6.45, 7) is 6.60. The van der Waals surface area contributed by atoms with Gasteiger partial charge in [-0.15, -0.1) is 24.0 Å². The third-order valence-electron chi connectivity index (χ3n) is 3.77. The van der Waals surface area contributed by atoms with Crippen LogP contribution in [0.1, 0.15) is 26.3 Å². The van der Waals surface area contributed by atoms with E-state index in [4.69, 9.17) is 11.6 Å². The average molecular weight is 515 g/mol. The van der Waals surface area contributed by atoms with Crippen molar-refractivity contribution in [1.29, 1.82) is 0 Å². The molecule has 0 spiro atoms. The maximum atomic E-state index is 12.0. The highest BCUT2D eigenvalue weighted by Crippen LogP contribution is 2.25. The van der Waals surface area contributed by atoms with Crippen LogP contribution in [0.5, 0.6) is 0 Å². The first kappa shape index (κ1) is 24.2. The fourth-order valence-electron chi connectivity index (χ4n) is 2.61. The molecule has 0 unspecified atom stereocenters. The summed E-state index contributed by atoms with van der Waals surface area (Å²) in [5.74, 6) is 0.497. The van der Waals surface area contributed by atoms with Crippen LogP contribution in [-0.4, -0.2) is 31.0 Å². The molecule has 0 aliphatic carbocycles. The molecule has 0 saturated carbocycles. The molecule has 0 aliphatic rings. The number of benzene rings is 2. The minimum atomic E-state index is -0.257. The van der Waals surface area contributed by atoms with Crippen molar-refractivity contribution in [2.75, 3.05) is 13.6 Å². The van der Waals surface area contributed by atoms with Gasteiger partial charge in [0, 0.05) is 24.2 Å². The molecule has 2 aromatic rings. The summed E-state index contributed by atoms with van der Waals surface area (Å²) in [6, 6.07) is 15.9. The lowest BCUT2D eigenvalue weighted by Crippen LogP contribution is -2.48. The summed E-state index contributed by atoms with van der Waals surface area (Å²) < 4.78 is 0. The van der Waals surface area contributed by atoms with Gasteiger partial charge >= 0.3 is 0 Å². The number of aliphatic imine (C=N–C) groups is 1. The fraction of sp³-hybridized carbons (Fsp3) is 0.333. The number of rotatable bonds is 5. The Hall–Kier alpha value is -1.80. The van der Waals surface area contributed by atoms with Gasteiger partial charge in [-0.3, -0.25) is 9.79 Å². The Bertz CT molecular complexity index is 801. The van der Waals surface area contributed by atoms with Gasteiger partial charge in [0.1, 0.15) is 0 Å². The van der Waals surface area contributed by atoms with Crippen LogP contribution in [0.2, 0.25) is 5.02 Å². The van der Waals surface area contributed by atoms with Gasteiger partial charge in [0.15, 0.2) is 5.96 Å². The summed E-state index contributed by atoms with van der Waals surface area (Å²) in [5, 5.41) is 9.92. The zero-order chi connectivity index (χ0) is 19.9. The van der Waals surface area contributed by atoms with E-state index in [-0.39, 0.29) is 42.0 Å². The van der Waals surface area contributed by atoms with E-state index < -0.39 is 0 Å². The summed E-state index contributed by atoms with van der Waals surface area (Å²) in [6.07, 6.45) is 0. The molecule has 0 atom stereocenters. The second-order valence-corrected chi connectivity index (χ2v) is 7.68. The van der Waals surface area contributed by atoms with Crippen molar-refractivity contribution in [2.24, 2.45) is 4.99 Å². The van der Waals surface area contributed by atoms with Gasteiger partial charge in [-0.05, 0) is 49.6 Å². The van der Waals surface area contributed by atoms with E-state index in [0.29, 0.717) is 17.5 Å². The van der Waals surface area contributed by atoms with Gasteiger partial charge < -0.3 is 16.0 Å². The SMILES string of the molecule is CN=C(NCC(=O)NC(C)(C)C)NCc1ccccc1-c1ccc(Cl)cc1.I. The number of nitrogens with zero attached hydrogens (tertiary/aromatic N) is 1. The molecule has 5 nitrogen and oxygen atoms in total. The molecule has 1 amide bonds. The van der Waals surface area contributed by atoms with E-state index in [0.717, 1.165) is 16.7 Å². The van der Waals surface area contributed by atoms with Crippen LogP contribution in [0.25, 0.3) is 11.1 Å². The van der Waals surface area contributed by atoms with E-state index >= 15 is 0 Å². The van der Waals surface area contributed by atoms with E-state index in [1.165, 1.54) is 0 Å². The van der Waals surface area contributed by atoms with E-state index in [1.54, 1.807) is 7.05 Å². The molecule has 3 N–H and O–H groups in total. The first-order chi connectivity index (χ1) is 12.8. The Morgan fingerprint density at radius 2 is 1.68 bits per heavy atom. The predicted octanol–water partition coefficient (Wildman–Crippen LogP) is 4.20. The minimum Gasteiger partial charge on any atom is -0.352 e. The van der Waals surface area contributed by atoms with E-state index in [2.05, 4.69) is 33.1 Å². The van der Waals surface area contributed by atoms with Crippen LogP contribution < -0.4 is 16.0 Å². The van der Waals surface area contributed by atoms with Crippen molar-refractivity contribution in [3.63, 3.8) is 0 Å². The second kappa shape index (κ2) is 11.3. The predicted molar refractivity (Wildman–Crippen MR) is 128 cm³/mol. The maximum absolute atomic E-state index is 12.0. The third kappa shape index (κ3) is 8.06. The molecule has 28 heavy (non-hydrogen) atoms. The Balaban J connectivity index is 0.00000392. The summed E-state index contributed by atoms with van der Waals surface area (Å²) in [7, 11) is 1.68. The maximum Gasteiger partial charge on any atom is 0.239 e. The number of hydrogen-bond acceptors (Lipinski definition) is 2.